The van der Waals surface area contributed by atoms with Gasteiger partial charge in [-0.15, -0.1) is 22.7 Å². The minimum atomic E-state index is 1.07. The van der Waals surface area contributed by atoms with Crippen LogP contribution in [-0.2, 0) is 13.1 Å². The molecular weight excluding hydrogens is 669 g/mol. The molecule has 52 heavy (non-hydrogen) atoms. The molecule has 4 heterocycles. The van der Waals surface area contributed by atoms with Crippen LogP contribution in [0.25, 0.3) is 77.7 Å². The van der Waals surface area contributed by atoms with E-state index in [1.165, 1.54) is 126 Å². The maximum absolute atomic E-state index is 2.54. The van der Waals surface area contributed by atoms with Gasteiger partial charge in [-0.2, -0.15) is 0 Å². The first kappa shape index (κ1) is 34.4. The van der Waals surface area contributed by atoms with Crippen molar-refractivity contribution in [1.82, 2.24) is 9.13 Å². The Morgan fingerprint density at radius 2 is 0.865 bits per heavy atom. The number of aryl methyl sites for hydroxylation is 2. The summed E-state index contributed by atoms with van der Waals surface area (Å²) in [5.74, 6) is 0. The molecule has 0 aliphatic rings. The fourth-order valence-corrected chi connectivity index (χ4v) is 9.63. The molecule has 0 saturated carbocycles. The van der Waals surface area contributed by atoms with Crippen LogP contribution in [0.5, 0.6) is 0 Å². The maximum Gasteiger partial charge on any atom is 0.0497 e. The second-order valence-corrected chi connectivity index (χ2v) is 16.3. The van der Waals surface area contributed by atoms with Crippen molar-refractivity contribution in [3.8, 4) is 9.75 Å². The van der Waals surface area contributed by atoms with Crippen molar-refractivity contribution in [2.75, 3.05) is 0 Å². The average Bonchev–Trinajstić information content (AvgIpc) is 3.98. The molecular formula is C48H48N2S2. The smallest absolute Gasteiger partial charge is 0.0497 e. The molecule has 262 valence electrons. The first-order valence-electron chi connectivity index (χ1n) is 19.3. The lowest BCUT2D eigenvalue weighted by atomic mass is 10.1. The Hall–Kier alpha value is -4.64. The number of para-hydroxylation sites is 2. The topological polar surface area (TPSA) is 9.86 Å². The zero-order valence-corrected chi connectivity index (χ0v) is 32.1. The molecule has 8 rings (SSSR count). The van der Waals surface area contributed by atoms with E-state index in [9.17, 15) is 0 Å². The van der Waals surface area contributed by atoms with Crippen LogP contribution in [0.4, 0.5) is 0 Å². The Morgan fingerprint density at radius 1 is 0.423 bits per heavy atom. The lowest BCUT2D eigenvalue weighted by Gasteiger charge is -2.07. The number of benzene rings is 4. The Bertz CT molecular complexity index is 2340. The minimum absolute atomic E-state index is 1.07. The van der Waals surface area contributed by atoms with Gasteiger partial charge in [-0.1, -0.05) is 125 Å². The molecule has 0 atom stereocenters. The second kappa shape index (κ2) is 15.9. The first-order valence-corrected chi connectivity index (χ1v) is 20.9. The van der Waals surface area contributed by atoms with Crippen LogP contribution >= 0.6 is 22.7 Å². The second-order valence-electron chi connectivity index (χ2n) is 14.1. The summed E-state index contributed by atoms with van der Waals surface area (Å²) in [6.45, 7) is 6.71. The molecule has 0 saturated heterocycles. The maximum atomic E-state index is 2.54. The summed E-state index contributed by atoms with van der Waals surface area (Å²) in [6.07, 6.45) is 19.3. The molecule has 0 aliphatic heterocycles. The van der Waals surface area contributed by atoms with Crippen molar-refractivity contribution >= 4 is 90.6 Å². The van der Waals surface area contributed by atoms with Crippen LogP contribution in [0.3, 0.4) is 0 Å². The Balaban J connectivity index is 0.980. The van der Waals surface area contributed by atoms with Gasteiger partial charge >= 0.3 is 0 Å². The van der Waals surface area contributed by atoms with Crippen molar-refractivity contribution in [2.45, 2.75) is 78.3 Å². The lowest BCUT2D eigenvalue weighted by Crippen LogP contribution is -1.97. The van der Waals surface area contributed by atoms with E-state index in [0.717, 1.165) is 13.1 Å². The molecule has 0 spiro atoms. The predicted molar refractivity (Wildman–Crippen MR) is 233 cm³/mol. The number of thiophene rings is 2. The van der Waals surface area contributed by atoms with Gasteiger partial charge < -0.3 is 9.13 Å². The third-order valence-corrected chi connectivity index (χ3v) is 12.7. The van der Waals surface area contributed by atoms with Crippen molar-refractivity contribution in [1.29, 1.82) is 0 Å². The van der Waals surface area contributed by atoms with E-state index in [1.807, 2.05) is 22.7 Å². The molecule has 0 unspecified atom stereocenters. The fraction of sp³-hybridized carbons (Fsp3) is 0.250. The first-order chi connectivity index (χ1) is 25.7. The quantitative estimate of drug-likeness (QED) is 0.0935. The van der Waals surface area contributed by atoms with Gasteiger partial charge in [0.1, 0.15) is 0 Å². The molecule has 0 radical (unpaired) electrons. The van der Waals surface area contributed by atoms with E-state index in [1.54, 1.807) is 0 Å². The highest BCUT2D eigenvalue weighted by Crippen LogP contribution is 2.36. The van der Waals surface area contributed by atoms with Gasteiger partial charge in [-0.25, -0.2) is 0 Å². The Kier molecular flexibility index (Phi) is 10.6. The SMILES string of the molecule is CCCCCCn1c2ccccc2c2ccc(/C=C/c3ccc(-c4ccc(/C=C/c5ccc6c7ccccc7n(CCCCCC)c6c5)s4)s3)cc21. The molecule has 8 aromatic rings. The number of nitrogens with zero attached hydrogens (tertiary/aromatic N) is 2. The highest BCUT2D eigenvalue weighted by Gasteiger charge is 2.12. The van der Waals surface area contributed by atoms with Gasteiger partial charge in [0, 0.05) is 76.2 Å². The van der Waals surface area contributed by atoms with Crippen LogP contribution < -0.4 is 0 Å². The van der Waals surface area contributed by atoms with E-state index in [-0.39, 0.29) is 0 Å². The summed E-state index contributed by atoms with van der Waals surface area (Å²) in [6, 6.07) is 40.7. The zero-order chi connectivity index (χ0) is 35.3. The predicted octanol–water partition coefficient (Wildman–Crippen LogP) is 15.2. The van der Waals surface area contributed by atoms with Crippen LogP contribution in [0.15, 0.2) is 109 Å². The molecule has 4 heteroatoms. The van der Waals surface area contributed by atoms with Crippen molar-refractivity contribution in [2.24, 2.45) is 0 Å². The van der Waals surface area contributed by atoms with Crippen LogP contribution in [-0.4, -0.2) is 9.13 Å². The third-order valence-electron chi connectivity index (χ3n) is 10.4. The Labute approximate surface area is 316 Å². The minimum Gasteiger partial charge on any atom is -0.340 e. The number of aromatic nitrogens is 2. The van der Waals surface area contributed by atoms with Gasteiger partial charge in [0.25, 0.3) is 0 Å². The van der Waals surface area contributed by atoms with Crippen LogP contribution in [0.1, 0.15) is 86.1 Å². The molecule has 2 nitrogen and oxygen atoms in total. The monoisotopic (exact) mass is 716 g/mol. The number of hydrogen-bond donors (Lipinski definition) is 0. The lowest BCUT2D eigenvalue weighted by molar-refractivity contribution is 0.602. The number of unbranched alkanes of at least 4 members (excludes halogenated alkanes) is 6. The summed E-state index contributed by atoms with van der Waals surface area (Å²) < 4.78 is 5.08. The van der Waals surface area contributed by atoms with E-state index < -0.39 is 0 Å². The van der Waals surface area contributed by atoms with Gasteiger partial charge in [0.2, 0.25) is 0 Å². The van der Waals surface area contributed by atoms with Gasteiger partial charge in [0.05, 0.1) is 0 Å². The van der Waals surface area contributed by atoms with Crippen LogP contribution in [0, 0.1) is 0 Å². The average molecular weight is 717 g/mol. The number of fused-ring (bicyclic) bond motifs is 6. The molecule has 4 aromatic carbocycles. The van der Waals surface area contributed by atoms with Crippen molar-refractivity contribution in [3.05, 3.63) is 130 Å². The summed E-state index contributed by atoms with van der Waals surface area (Å²) >= 11 is 3.73. The normalized spacial score (nSPS) is 12.3. The summed E-state index contributed by atoms with van der Waals surface area (Å²) in [7, 11) is 0. The van der Waals surface area contributed by atoms with Gasteiger partial charge in [0.15, 0.2) is 0 Å². The van der Waals surface area contributed by atoms with E-state index in [2.05, 4.69) is 156 Å². The zero-order valence-electron chi connectivity index (χ0n) is 30.5. The standard InChI is InChI=1S/C48H48N2S2/c1-3-5-7-13-31-49-43-17-11-9-15-39(43)41-27-21-35(33-45(41)49)19-23-37-25-29-47(51-37)48-30-26-38(52-48)24-20-36-22-28-42-40-16-10-12-18-44(40)50(46(42)34-36)32-14-8-6-4-2/h9-12,15-30,33-34H,3-8,13-14,31-32H2,1-2H3/b23-19+,24-20+. The third kappa shape index (κ3) is 7.20. The van der Waals surface area contributed by atoms with E-state index in [0.29, 0.717) is 0 Å². The van der Waals surface area contributed by atoms with Crippen molar-refractivity contribution < 1.29 is 0 Å². The molecule has 0 aliphatic carbocycles. The molecule has 0 N–H and O–H groups in total. The molecule has 0 amide bonds. The fourth-order valence-electron chi connectivity index (χ4n) is 7.72. The van der Waals surface area contributed by atoms with Crippen LogP contribution in [0.2, 0.25) is 0 Å². The van der Waals surface area contributed by atoms with E-state index in [4.69, 9.17) is 0 Å². The largest absolute Gasteiger partial charge is 0.340 e. The number of hydrogen-bond acceptors (Lipinski definition) is 2. The number of rotatable bonds is 15. The molecule has 4 aromatic heterocycles. The highest BCUT2D eigenvalue weighted by atomic mass is 32.1. The Morgan fingerprint density at radius 3 is 1.33 bits per heavy atom. The summed E-state index contributed by atoms with van der Waals surface area (Å²) in [5.41, 5.74) is 7.88. The van der Waals surface area contributed by atoms with Crippen molar-refractivity contribution in [3.63, 3.8) is 0 Å². The highest BCUT2D eigenvalue weighted by molar-refractivity contribution is 7.23. The molecule has 0 bridgehead atoms. The summed E-state index contributed by atoms with van der Waals surface area (Å²) in [5, 5.41) is 5.42. The van der Waals surface area contributed by atoms with E-state index >= 15 is 0 Å². The summed E-state index contributed by atoms with van der Waals surface area (Å²) in [4.78, 5) is 5.19. The molecule has 0 fully saturated rings. The van der Waals surface area contributed by atoms with Gasteiger partial charge in [-0.3, -0.25) is 0 Å². The van der Waals surface area contributed by atoms with Gasteiger partial charge in [-0.05, 0) is 84.7 Å².